The summed E-state index contributed by atoms with van der Waals surface area (Å²) in [4.78, 5) is 13.8. The van der Waals surface area contributed by atoms with Gasteiger partial charge >= 0.3 is 5.97 Å². The first-order valence-corrected chi connectivity index (χ1v) is 3.20. The zero-order chi connectivity index (χ0) is 7.56. The van der Waals surface area contributed by atoms with Gasteiger partial charge in [0.1, 0.15) is 10.9 Å². The summed E-state index contributed by atoms with van der Waals surface area (Å²) in [5.41, 5.74) is 1.32. The van der Waals surface area contributed by atoms with Crippen LogP contribution in [0.1, 0.15) is 15.4 Å². The van der Waals surface area contributed by atoms with Crippen molar-refractivity contribution in [2.24, 2.45) is 0 Å². The van der Waals surface area contributed by atoms with Crippen LogP contribution >= 0.6 is 11.3 Å². The normalized spacial score (nSPS) is 8.70. The smallest absolute Gasteiger partial charge is 0.348 e. The van der Waals surface area contributed by atoms with Crippen molar-refractivity contribution in [3.8, 4) is 6.07 Å². The predicted molar refractivity (Wildman–Crippen MR) is 33.8 cm³/mol. The molecule has 10 heavy (non-hydrogen) atoms. The highest BCUT2D eigenvalue weighted by Gasteiger charge is 2.11. The van der Waals surface area contributed by atoms with Crippen LogP contribution in [0.25, 0.3) is 0 Å². The van der Waals surface area contributed by atoms with Crippen molar-refractivity contribution in [2.75, 3.05) is 0 Å². The van der Waals surface area contributed by atoms with Gasteiger partial charge in [-0.15, -0.1) is 11.3 Å². The first-order valence-electron chi connectivity index (χ1n) is 2.32. The minimum absolute atomic E-state index is 0.00231. The Bertz CT molecular complexity index is 299. The summed E-state index contributed by atoms with van der Waals surface area (Å²) in [5, 5.41) is 16.7. The van der Waals surface area contributed by atoms with Gasteiger partial charge in [0.25, 0.3) is 0 Å². The average molecular weight is 154 g/mol. The van der Waals surface area contributed by atoms with Crippen molar-refractivity contribution in [2.45, 2.75) is 0 Å². The summed E-state index contributed by atoms with van der Waals surface area (Å²) in [6.45, 7) is 0. The van der Waals surface area contributed by atoms with Gasteiger partial charge in [0.05, 0.1) is 5.51 Å². The van der Waals surface area contributed by atoms with Crippen LogP contribution in [0.4, 0.5) is 0 Å². The molecule has 1 N–H and O–H groups in total. The number of rotatable bonds is 1. The standard InChI is InChI=1S/C5H2N2O2S/c6-1-3-4(5(8)9)10-2-7-3/h2H,(H,8,9). The number of nitriles is 1. The number of nitrogens with zero attached hydrogens (tertiary/aromatic N) is 2. The molecule has 0 spiro atoms. The fourth-order valence-electron chi connectivity index (χ4n) is 0.478. The van der Waals surface area contributed by atoms with E-state index in [0.29, 0.717) is 0 Å². The molecule has 0 saturated heterocycles. The van der Waals surface area contributed by atoms with E-state index in [-0.39, 0.29) is 10.6 Å². The van der Waals surface area contributed by atoms with Crippen molar-refractivity contribution in [3.63, 3.8) is 0 Å². The number of aromatic carboxylic acids is 1. The van der Waals surface area contributed by atoms with Gasteiger partial charge in [0, 0.05) is 0 Å². The molecule has 0 atom stereocenters. The fourth-order valence-corrected chi connectivity index (χ4v) is 1.05. The summed E-state index contributed by atoms with van der Waals surface area (Å²) >= 11 is 0.949. The summed E-state index contributed by atoms with van der Waals surface area (Å²) in [6, 6.07) is 1.68. The Hall–Kier alpha value is -1.41. The Morgan fingerprint density at radius 1 is 1.90 bits per heavy atom. The quantitative estimate of drug-likeness (QED) is 0.646. The lowest BCUT2D eigenvalue weighted by Crippen LogP contribution is -1.94. The molecule has 0 fully saturated rings. The SMILES string of the molecule is N#Cc1ncsc1C(=O)O. The highest BCUT2D eigenvalue weighted by molar-refractivity contribution is 7.11. The number of carboxylic acids is 1. The van der Waals surface area contributed by atoms with Gasteiger partial charge in [-0.1, -0.05) is 0 Å². The second-order valence-electron chi connectivity index (χ2n) is 1.45. The van der Waals surface area contributed by atoms with Crippen LogP contribution in [0.2, 0.25) is 0 Å². The molecule has 1 aromatic heterocycles. The monoisotopic (exact) mass is 154 g/mol. The van der Waals surface area contributed by atoms with Crippen LogP contribution < -0.4 is 0 Å². The minimum atomic E-state index is -1.10. The topological polar surface area (TPSA) is 74.0 Å². The maximum atomic E-state index is 10.3. The lowest BCUT2D eigenvalue weighted by Gasteiger charge is -1.82. The van der Waals surface area contributed by atoms with Gasteiger partial charge in [-0.05, 0) is 0 Å². The number of hydrogen-bond donors (Lipinski definition) is 1. The highest BCUT2D eigenvalue weighted by atomic mass is 32.1. The molecule has 0 unspecified atom stereocenters. The third kappa shape index (κ3) is 0.967. The van der Waals surface area contributed by atoms with Gasteiger partial charge in [0.2, 0.25) is 0 Å². The third-order valence-corrected chi connectivity index (χ3v) is 1.68. The van der Waals surface area contributed by atoms with Gasteiger partial charge in [-0.2, -0.15) is 5.26 Å². The van der Waals surface area contributed by atoms with E-state index >= 15 is 0 Å². The second kappa shape index (κ2) is 2.45. The lowest BCUT2D eigenvalue weighted by molar-refractivity contribution is 0.0701. The summed E-state index contributed by atoms with van der Waals surface area (Å²) in [7, 11) is 0. The van der Waals surface area contributed by atoms with E-state index in [0.717, 1.165) is 11.3 Å². The van der Waals surface area contributed by atoms with Gasteiger partial charge in [0.15, 0.2) is 5.69 Å². The van der Waals surface area contributed by atoms with E-state index in [9.17, 15) is 4.79 Å². The third-order valence-electron chi connectivity index (χ3n) is 0.868. The number of aromatic nitrogens is 1. The van der Waals surface area contributed by atoms with Crippen molar-refractivity contribution >= 4 is 17.3 Å². The van der Waals surface area contributed by atoms with Crippen LogP contribution in [-0.4, -0.2) is 16.1 Å². The first kappa shape index (κ1) is 6.71. The number of carboxylic acid groups (broad SMARTS) is 1. The fraction of sp³-hybridized carbons (Fsp3) is 0. The zero-order valence-electron chi connectivity index (χ0n) is 4.74. The van der Waals surface area contributed by atoms with Crippen LogP contribution in [0.15, 0.2) is 5.51 Å². The molecule has 1 aromatic rings. The molecule has 0 aliphatic heterocycles. The van der Waals surface area contributed by atoms with Gasteiger partial charge in [-0.25, -0.2) is 9.78 Å². The average Bonchev–Trinajstić information content (AvgIpc) is 2.33. The molecule has 0 bridgehead atoms. The molecule has 0 aliphatic carbocycles. The molecule has 0 aromatic carbocycles. The molecule has 0 radical (unpaired) electrons. The molecule has 4 nitrogen and oxygen atoms in total. The Kier molecular flexibility index (Phi) is 1.65. The van der Waals surface area contributed by atoms with E-state index < -0.39 is 5.97 Å². The molecular formula is C5H2N2O2S. The molecule has 1 rings (SSSR count). The number of hydrogen-bond acceptors (Lipinski definition) is 4. The van der Waals surface area contributed by atoms with E-state index in [1.54, 1.807) is 6.07 Å². The molecule has 5 heteroatoms. The summed E-state index contributed by atoms with van der Waals surface area (Å²) in [5.74, 6) is -1.10. The van der Waals surface area contributed by atoms with Crippen molar-refractivity contribution < 1.29 is 9.90 Å². The van der Waals surface area contributed by atoms with Crippen molar-refractivity contribution in [1.82, 2.24) is 4.98 Å². The maximum absolute atomic E-state index is 10.3. The molecule has 0 saturated carbocycles. The Morgan fingerprint density at radius 3 is 3.00 bits per heavy atom. The van der Waals surface area contributed by atoms with E-state index in [1.807, 2.05) is 0 Å². The molecule has 50 valence electrons. The summed E-state index contributed by atoms with van der Waals surface area (Å²) < 4.78 is 0. The second-order valence-corrected chi connectivity index (χ2v) is 2.30. The molecule has 0 aliphatic rings. The lowest BCUT2D eigenvalue weighted by atomic mass is 10.4. The molecule has 0 amide bonds. The van der Waals surface area contributed by atoms with E-state index in [2.05, 4.69) is 4.98 Å². The van der Waals surface area contributed by atoms with Crippen LogP contribution in [-0.2, 0) is 0 Å². The Labute approximate surface area is 60.4 Å². The van der Waals surface area contributed by atoms with E-state index in [4.69, 9.17) is 10.4 Å². The minimum Gasteiger partial charge on any atom is -0.477 e. The number of thiazole rings is 1. The van der Waals surface area contributed by atoms with Gasteiger partial charge < -0.3 is 5.11 Å². The first-order chi connectivity index (χ1) is 4.75. The highest BCUT2D eigenvalue weighted by Crippen LogP contribution is 2.10. The van der Waals surface area contributed by atoms with Gasteiger partial charge in [-0.3, -0.25) is 0 Å². The molecular weight excluding hydrogens is 152 g/mol. The van der Waals surface area contributed by atoms with Crippen molar-refractivity contribution in [3.05, 3.63) is 16.1 Å². The number of carbonyl (C=O) groups is 1. The summed E-state index contributed by atoms with van der Waals surface area (Å²) in [6.07, 6.45) is 0. The maximum Gasteiger partial charge on any atom is 0.348 e. The van der Waals surface area contributed by atoms with Crippen LogP contribution in [0, 0.1) is 11.3 Å². The van der Waals surface area contributed by atoms with Crippen LogP contribution in [0.3, 0.4) is 0 Å². The zero-order valence-corrected chi connectivity index (χ0v) is 5.55. The Balaban J connectivity index is 3.17. The van der Waals surface area contributed by atoms with E-state index in [1.165, 1.54) is 5.51 Å². The Morgan fingerprint density at radius 2 is 2.60 bits per heavy atom. The molecule has 1 heterocycles. The van der Waals surface area contributed by atoms with Crippen molar-refractivity contribution in [1.29, 1.82) is 5.26 Å². The van der Waals surface area contributed by atoms with Crippen LogP contribution in [0.5, 0.6) is 0 Å². The largest absolute Gasteiger partial charge is 0.477 e. The predicted octanol–water partition coefficient (Wildman–Crippen LogP) is 0.713.